The molecule has 6 heteroatoms. The van der Waals surface area contributed by atoms with E-state index in [0.29, 0.717) is 0 Å². The van der Waals surface area contributed by atoms with E-state index in [1.807, 2.05) is 0 Å². The molecule has 0 unspecified atom stereocenters. The summed E-state index contributed by atoms with van der Waals surface area (Å²) in [4.78, 5) is 10.4. The van der Waals surface area contributed by atoms with Gasteiger partial charge in [-0.05, 0) is 13.0 Å². The van der Waals surface area contributed by atoms with Gasteiger partial charge in [0, 0.05) is 0 Å². The summed E-state index contributed by atoms with van der Waals surface area (Å²) in [6.07, 6.45) is -3.27. The van der Waals surface area contributed by atoms with Crippen molar-refractivity contribution in [2.45, 2.75) is 24.5 Å². The fourth-order valence-electron chi connectivity index (χ4n) is 1.27. The van der Waals surface area contributed by atoms with Gasteiger partial charge < -0.3 is 15.5 Å². The van der Waals surface area contributed by atoms with Gasteiger partial charge in [-0.25, -0.2) is 8.78 Å². The van der Waals surface area contributed by atoms with Crippen molar-refractivity contribution in [3.05, 3.63) is 0 Å². The van der Waals surface area contributed by atoms with Crippen LogP contribution in [0.15, 0.2) is 0 Å². The minimum Gasteiger partial charge on any atom is -0.480 e. The van der Waals surface area contributed by atoms with E-state index in [4.69, 9.17) is 5.11 Å². The van der Waals surface area contributed by atoms with E-state index >= 15 is 0 Å². The molecular weight excluding hydrogens is 172 g/mol. The molecule has 1 heterocycles. The molecule has 4 nitrogen and oxygen atoms in total. The number of alkyl halides is 2. The van der Waals surface area contributed by atoms with Gasteiger partial charge in [-0.2, -0.15) is 0 Å². The third-order valence-corrected chi connectivity index (χ3v) is 2.00. The molecule has 12 heavy (non-hydrogen) atoms. The zero-order valence-corrected chi connectivity index (χ0v) is 6.13. The number of aliphatic hydroxyl groups is 1. The number of halogens is 2. The fraction of sp³-hybridized carbons (Fsp3) is 0.833. The Morgan fingerprint density at radius 3 is 2.58 bits per heavy atom. The van der Waals surface area contributed by atoms with Crippen molar-refractivity contribution in [1.29, 1.82) is 0 Å². The predicted molar refractivity (Wildman–Crippen MR) is 35.0 cm³/mol. The highest BCUT2D eigenvalue weighted by molar-refractivity contribution is 5.75. The molecule has 0 aromatic carbocycles. The Morgan fingerprint density at radius 1 is 1.67 bits per heavy atom. The van der Waals surface area contributed by atoms with Gasteiger partial charge in [0.2, 0.25) is 0 Å². The van der Waals surface area contributed by atoms with E-state index < -0.39 is 24.0 Å². The first-order chi connectivity index (χ1) is 5.48. The molecule has 0 aliphatic carbocycles. The van der Waals surface area contributed by atoms with Gasteiger partial charge >= 0.3 is 5.97 Å². The minimum atomic E-state index is -3.03. The number of carboxylic acid groups (broad SMARTS) is 1. The summed E-state index contributed by atoms with van der Waals surface area (Å²) in [5.41, 5.74) is -2.41. The van der Waals surface area contributed by atoms with Gasteiger partial charge in [0.15, 0.2) is 5.60 Å². The largest absolute Gasteiger partial charge is 0.480 e. The number of carboxylic acids is 1. The molecule has 0 bridgehead atoms. The Labute approximate surface area is 67.2 Å². The van der Waals surface area contributed by atoms with Crippen molar-refractivity contribution in [1.82, 2.24) is 5.32 Å². The second-order valence-corrected chi connectivity index (χ2v) is 2.77. The molecule has 0 spiro atoms. The average Bonchev–Trinajstić information content (AvgIpc) is 2.32. The summed E-state index contributed by atoms with van der Waals surface area (Å²) in [6, 6.07) is -1.56. The normalized spacial score (nSPS) is 35.8. The van der Waals surface area contributed by atoms with Gasteiger partial charge in [-0.1, -0.05) is 0 Å². The Kier molecular flexibility index (Phi) is 2.29. The molecule has 3 N–H and O–H groups in total. The first-order valence-corrected chi connectivity index (χ1v) is 3.45. The topological polar surface area (TPSA) is 69.6 Å². The lowest BCUT2D eigenvalue weighted by Crippen LogP contribution is -2.52. The summed E-state index contributed by atoms with van der Waals surface area (Å²) in [6.45, 7) is 0.0950. The Balaban J connectivity index is 2.81. The van der Waals surface area contributed by atoms with Crippen molar-refractivity contribution in [3.63, 3.8) is 0 Å². The van der Waals surface area contributed by atoms with Gasteiger partial charge in [0.05, 0.1) is 0 Å². The minimum absolute atomic E-state index is 0.0950. The van der Waals surface area contributed by atoms with E-state index in [-0.39, 0.29) is 13.0 Å². The van der Waals surface area contributed by atoms with Crippen molar-refractivity contribution >= 4 is 5.97 Å². The van der Waals surface area contributed by atoms with Crippen molar-refractivity contribution in [3.8, 4) is 0 Å². The van der Waals surface area contributed by atoms with Crippen LogP contribution in [-0.4, -0.2) is 40.8 Å². The maximum atomic E-state index is 12.2. The second-order valence-electron chi connectivity index (χ2n) is 2.77. The SMILES string of the molecule is O=C(O)[C@@H]1NCC[C@@]1(O)C(F)F. The quantitative estimate of drug-likeness (QED) is 0.533. The maximum absolute atomic E-state index is 12.2. The van der Waals surface area contributed by atoms with Crippen LogP contribution in [0.3, 0.4) is 0 Å². The smallest absolute Gasteiger partial charge is 0.323 e. The van der Waals surface area contributed by atoms with Crippen LogP contribution in [0.2, 0.25) is 0 Å². The van der Waals surface area contributed by atoms with Crippen molar-refractivity contribution < 1.29 is 23.8 Å². The zero-order chi connectivity index (χ0) is 9.35. The van der Waals surface area contributed by atoms with E-state index in [0.717, 1.165) is 0 Å². The van der Waals surface area contributed by atoms with Crippen LogP contribution in [0.4, 0.5) is 8.78 Å². The van der Waals surface area contributed by atoms with E-state index in [9.17, 15) is 18.7 Å². The Bertz CT molecular complexity index is 199. The summed E-state index contributed by atoms with van der Waals surface area (Å²) in [5.74, 6) is -1.45. The Hall–Kier alpha value is -0.750. The maximum Gasteiger partial charge on any atom is 0.323 e. The monoisotopic (exact) mass is 181 g/mol. The van der Waals surface area contributed by atoms with Crippen LogP contribution in [-0.2, 0) is 4.79 Å². The number of carbonyl (C=O) groups is 1. The molecule has 1 rings (SSSR count). The number of hydrogen-bond acceptors (Lipinski definition) is 3. The second kappa shape index (κ2) is 2.95. The van der Waals surface area contributed by atoms with Gasteiger partial charge in [0.1, 0.15) is 6.04 Å². The first kappa shape index (κ1) is 9.34. The van der Waals surface area contributed by atoms with Gasteiger partial charge in [0.25, 0.3) is 6.43 Å². The number of hydrogen-bond donors (Lipinski definition) is 3. The van der Waals surface area contributed by atoms with Crippen LogP contribution < -0.4 is 5.32 Å². The molecule has 1 saturated heterocycles. The third kappa shape index (κ3) is 1.27. The molecule has 0 amide bonds. The average molecular weight is 181 g/mol. The molecule has 0 aromatic rings. The number of aliphatic carboxylic acids is 1. The predicted octanol–water partition coefficient (Wildman–Crippen LogP) is -0.571. The van der Waals surface area contributed by atoms with E-state index in [1.165, 1.54) is 0 Å². The molecule has 1 fully saturated rings. The van der Waals surface area contributed by atoms with Gasteiger partial charge in [-0.15, -0.1) is 0 Å². The highest BCUT2D eigenvalue weighted by atomic mass is 19.3. The lowest BCUT2D eigenvalue weighted by atomic mass is 9.96. The van der Waals surface area contributed by atoms with Crippen LogP contribution in [0, 0.1) is 0 Å². The molecule has 0 aromatic heterocycles. The fourth-order valence-corrected chi connectivity index (χ4v) is 1.27. The van der Waals surface area contributed by atoms with Crippen molar-refractivity contribution in [2.75, 3.05) is 6.54 Å². The molecule has 1 aliphatic heterocycles. The highest BCUT2D eigenvalue weighted by Gasteiger charge is 2.52. The van der Waals surface area contributed by atoms with Crippen LogP contribution >= 0.6 is 0 Å². The van der Waals surface area contributed by atoms with E-state index in [1.54, 1.807) is 0 Å². The van der Waals surface area contributed by atoms with Crippen molar-refractivity contribution in [2.24, 2.45) is 0 Å². The Morgan fingerprint density at radius 2 is 2.25 bits per heavy atom. The highest BCUT2D eigenvalue weighted by Crippen LogP contribution is 2.28. The molecule has 0 saturated carbocycles. The standard InChI is InChI=1S/C6H9F2NO3/c7-5(8)6(12)1-2-9-3(6)4(10)11/h3,5,9,12H,1-2H2,(H,10,11)/t3-,6-/m0/s1. The molecule has 2 atom stereocenters. The number of nitrogens with one attached hydrogen (secondary N) is 1. The lowest BCUT2D eigenvalue weighted by molar-refractivity contribution is -0.155. The zero-order valence-electron chi connectivity index (χ0n) is 6.13. The summed E-state index contributed by atoms with van der Waals surface area (Å²) in [5, 5.41) is 19.9. The lowest BCUT2D eigenvalue weighted by Gasteiger charge is -2.25. The summed E-state index contributed by atoms with van der Waals surface area (Å²) < 4.78 is 24.4. The first-order valence-electron chi connectivity index (χ1n) is 3.45. The molecule has 0 radical (unpaired) electrons. The van der Waals surface area contributed by atoms with E-state index in [2.05, 4.69) is 5.32 Å². The number of rotatable bonds is 2. The summed E-state index contributed by atoms with van der Waals surface area (Å²) in [7, 11) is 0. The molecular formula is C6H9F2NO3. The van der Waals surface area contributed by atoms with Crippen LogP contribution in [0.5, 0.6) is 0 Å². The van der Waals surface area contributed by atoms with Crippen LogP contribution in [0.1, 0.15) is 6.42 Å². The van der Waals surface area contributed by atoms with Crippen LogP contribution in [0.25, 0.3) is 0 Å². The molecule has 70 valence electrons. The summed E-state index contributed by atoms with van der Waals surface area (Å²) >= 11 is 0. The third-order valence-electron chi connectivity index (χ3n) is 2.00. The molecule has 1 aliphatic rings. The van der Waals surface area contributed by atoms with Gasteiger partial charge in [-0.3, -0.25) is 4.79 Å².